The summed E-state index contributed by atoms with van der Waals surface area (Å²) < 4.78 is 0. The maximum absolute atomic E-state index is 12.1. The highest BCUT2D eigenvalue weighted by Gasteiger charge is 2.24. The van der Waals surface area contributed by atoms with E-state index in [4.69, 9.17) is 0 Å². The lowest BCUT2D eigenvalue weighted by molar-refractivity contribution is -0.384. The van der Waals surface area contributed by atoms with Crippen LogP contribution in [0.25, 0.3) is 0 Å². The standard InChI is InChI=1S/C13H15N3O4S/c1-8-5-12(15-13(18)14-8)21-7-11(17)9-3-2-4-10(6-9)16(19)20/h2-4,6,8,12H,5,7H2,1H3,(H2,14,15,18). The van der Waals surface area contributed by atoms with Crippen molar-refractivity contribution in [3.8, 4) is 0 Å². The van der Waals surface area contributed by atoms with Gasteiger partial charge < -0.3 is 10.6 Å². The second kappa shape index (κ2) is 6.57. The Morgan fingerprint density at radius 2 is 2.24 bits per heavy atom. The monoisotopic (exact) mass is 309 g/mol. The van der Waals surface area contributed by atoms with Gasteiger partial charge in [0.05, 0.1) is 16.1 Å². The third kappa shape index (κ3) is 4.19. The molecule has 2 atom stereocenters. The summed E-state index contributed by atoms with van der Waals surface area (Å²) in [5, 5.41) is 16.0. The molecule has 1 saturated heterocycles. The van der Waals surface area contributed by atoms with Crippen molar-refractivity contribution >= 4 is 29.3 Å². The second-order valence-electron chi connectivity index (χ2n) is 4.78. The van der Waals surface area contributed by atoms with Crippen molar-refractivity contribution in [3.63, 3.8) is 0 Å². The molecule has 0 aromatic heterocycles. The van der Waals surface area contributed by atoms with E-state index in [1.165, 1.54) is 30.0 Å². The lowest BCUT2D eigenvalue weighted by Crippen LogP contribution is -2.52. The largest absolute Gasteiger partial charge is 0.336 e. The molecule has 112 valence electrons. The zero-order valence-electron chi connectivity index (χ0n) is 11.4. The lowest BCUT2D eigenvalue weighted by atomic mass is 10.1. The average Bonchev–Trinajstić information content (AvgIpc) is 2.44. The van der Waals surface area contributed by atoms with Crippen LogP contribution in [-0.2, 0) is 0 Å². The maximum atomic E-state index is 12.1. The molecule has 2 unspecified atom stereocenters. The van der Waals surface area contributed by atoms with Gasteiger partial charge in [0.15, 0.2) is 5.78 Å². The van der Waals surface area contributed by atoms with Gasteiger partial charge >= 0.3 is 6.03 Å². The van der Waals surface area contributed by atoms with Gasteiger partial charge in [-0.2, -0.15) is 0 Å². The number of nitro benzene ring substituents is 1. The van der Waals surface area contributed by atoms with Crippen LogP contribution in [0.15, 0.2) is 24.3 Å². The Morgan fingerprint density at radius 1 is 1.48 bits per heavy atom. The quantitative estimate of drug-likeness (QED) is 0.491. The fraction of sp³-hybridized carbons (Fsp3) is 0.385. The average molecular weight is 309 g/mol. The molecule has 1 fully saturated rings. The third-order valence-corrected chi connectivity index (χ3v) is 4.17. The van der Waals surface area contributed by atoms with Crippen LogP contribution in [0.1, 0.15) is 23.7 Å². The van der Waals surface area contributed by atoms with Gasteiger partial charge in [0, 0.05) is 23.7 Å². The number of amides is 2. The molecule has 0 saturated carbocycles. The van der Waals surface area contributed by atoms with Gasteiger partial charge in [-0.05, 0) is 13.3 Å². The first-order chi connectivity index (χ1) is 9.95. The van der Waals surface area contributed by atoms with Gasteiger partial charge in [0.25, 0.3) is 5.69 Å². The van der Waals surface area contributed by atoms with Crippen molar-refractivity contribution in [1.29, 1.82) is 0 Å². The van der Waals surface area contributed by atoms with E-state index in [2.05, 4.69) is 10.6 Å². The topological polar surface area (TPSA) is 101 Å². The highest BCUT2D eigenvalue weighted by molar-refractivity contribution is 8.00. The summed E-state index contributed by atoms with van der Waals surface area (Å²) in [6.45, 7) is 1.90. The number of rotatable bonds is 5. The molecular formula is C13H15N3O4S. The summed E-state index contributed by atoms with van der Waals surface area (Å²) in [7, 11) is 0. The van der Waals surface area contributed by atoms with Crippen LogP contribution in [0.3, 0.4) is 0 Å². The lowest BCUT2D eigenvalue weighted by Gasteiger charge is -2.28. The summed E-state index contributed by atoms with van der Waals surface area (Å²) in [5.74, 6) is -0.0251. The molecule has 2 amide bonds. The summed E-state index contributed by atoms with van der Waals surface area (Å²) in [5.41, 5.74) is 0.208. The number of nitrogens with zero attached hydrogens (tertiary/aromatic N) is 1. The number of urea groups is 1. The number of Topliss-reactive ketones (excluding diaryl/α,β-unsaturated/α-hetero) is 1. The number of carbonyl (C=O) groups is 2. The molecule has 1 aliphatic rings. The normalized spacial score (nSPS) is 21.3. The molecule has 21 heavy (non-hydrogen) atoms. The SMILES string of the molecule is CC1CC(SCC(=O)c2cccc([N+](=O)[O-])c2)NC(=O)N1. The van der Waals surface area contributed by atoms with Crippen molar-refractivity contribution in [2.75, 3.05) is 5.75 Å². The number of nitrogens with one attached hydrogen (secondary N) is 2. The van der Waals surface area contributed by atoms with Gasteiger partial charge in [0.2, 0.25) is 0 Å². The number of nitro groups is 1. The van der Waals surface area contributed by atoms with Crippen LogP contribution in [-0.4, -0.2) is 33.9 Å². The van der Waals surface area contributed by atoms with Gasteiger partial charge in [-0.15, -0.1) is 11.8 Å². The molecule has 7 nitrogen and oxygen atoms in total. The predicted molar refractivity (Wildman–Crippen MR) is 79.4 cm³/mol. The van der Waals surface area contributed by atoms with Gasteiger partial charge in [0.1, 0.15) is 0 Å². The van der Waals surface area contributed by atoms with Crippen molar-refractivity contribution < 1.29 is 14.5 Å². The van der Waals surface area contributed by atoms with Crippen LogP contribution in [0, 0.1) is 10.1 Å². The van der Waals surface area contributed by atoms with Gasteiger partial charge in [-0.3, -0.25) is 14.9 Å². The van der Waals surface area contributed by atoms with Crippen molar-refractivity contribution in [2.24, 2.45) is 0 Å². The Bertz CT molecular complexity index is 578. The Labute approximate surface area is 125 Å². The van der Waals surface area contributed by atoms with E-state index in [0.717, 1.165) is 6.42 Å². The Balaban J connectivity index is 1.94. The minimum absolute atomic E-state index is 0.0594. The molecule has 0 spiro atoms. The minimum Gasteiger partial charge on any atom is -0.336 e. The molecule has 1 aromatic carbocycles. The molecule has 2 N–H and O–H groups in total. The van der Waals surface area contributed by atoms with Gasteiger partial charge in [-0.1, -0.05) is 12.1 Å². The number of hydrogen-bond donors (Lipinski definition) is 2. The van der Waals surface area contributed by atoms with Crippen LogP contribution in [0.4, 0.5) is 10.5 Å². The summed E-state index contributed by atoms with van der Waals surface area (Å²) in [6, 6.07) is 5.48. The fourth-order valence-electron chi connectivity index (χ4n) is 2.01. The fourth-order valence-corrected chi connectivity index (χ4v) is 3.15. The number of benzene rings is 1. The highest BCUT2D eigenvalue weighted by Crippen LogP contribution is 2.20. The molecule has 1 aliphatic heterocycles. The van der Waals surface area contributed by atoms with E-state index in [0.29, 0.717) is 5.56 Å². The maximum Gasteiger partial charge on any atom is 0.315 e. The Morgan fingerprint density at radius 3 is 2.90 bits per heavy atom. The number of hydrogen-bond acceptors (Lipinski definition) is 5. The molecule has 1 aromatic rings. The van der Waals surface area contributed by atoms with E-state index in [1.54, 1.807) is 6.07 Å². The highest BCUT2D eigenvalue weighted by atomic mass is 32.2. The van der Waals surface area contributed by atoms with Crippen LogP contribution < -0.4 is 10.6 Å². The molecule has 2 rings (SSSR count). The van der Waals surface area contributed by atoms with Crippen LogP contribution in [0.2, 0.25) is 0 Å². The minimum atomic E-state index is -0.529. The van der Waals surface area contributed by atoms with E-state index in [9.17, 15) is 19.7 Å². The summed E-state index contributed by atoms with van der Waals surface area (Å²) in [6.07, 6.45) is 0.721. The van der Waals surface area contributed by atoms with Crippen molar-refractivity contribution in [2.45, 2.75) is 24.8 Å². The number of non-ortho nitro benzene ring substituents is 1. The van der Waals surface area contributed by atoms with E-state index < -0.39 is 4.92 Å². The first kappa shape index (κ1) is 15.3. The van der Waals surface area contributed by atoms with Crippen molar-refractivity contribution in [3.05, 3.63) is 39.9 Å². The molecule has 0 bridgehead atoms. The molecule has 1 heterocycles. The van der Waals surface area contributed by atoms with Crippen molar-refractivity contribution in [1.82, 2.24) is 10.6 Å². The molecule has 8 heteroatoms. The number of carbonyl (C=O) groups excluding carboxylic acids is 2. The molecule has 0 aliphatic carbocycles. The van der Waals surface area contributed by atoms with E-state index in [1.807, 2.05) is 6.92 Å². The Kier molecular flexibility index (Phi) is 4.79. The molecular weight excluding hydrogens is 294 g/mol. The molecule has 0 radical (unpaired) electrons. The number of ketones is 1. The smallest absolute Gasteiger partial charge is 0.315 e. The predicted octanol–water partition coefficient (Wildman–Crippen LogP) is 1.93. The van der Waals surface area contributed by atoms with E-state index >= 15 is 0 Å². The summed E-state index contributed by atoms with van der Waals surface area (Å²) >= 11 is 1.33. The summed E-state index contributed by atoms with van der Waals surface area (Å²) in [4.78, 5) is 33.5. The second-order valence-corrected chi connectivity index (χ2v) is 5.98. The van der Waals surface area contributed by atoms with Crippen LogP contribution >= 0.6 is 11.8 Å². The zero-order valence-corrected chi connectivity index (χ0v) is 12.2. The third-order valence-electron chi connectivity index (χ3n) is 3.03. The first-order valence-corrected chi connectivity index (χ1v) is 7.47. The first-order valence-electron chi connectivity index (χ1n) is 6.42. The zero-order chi connectivity index (χ0) is 15.4. The Hall–Kier alpha value is -2.09. The number of thioether (sulfide) groups is 1. The van der Waals surface area contributed by atoms with Gasteiger partial charge in [-0.25, -0.2) is 4.79 Å². The van der Waals surface area contributed by atoms with E-state index in [-0.39, 0.29) is 34.7 Å². The van der Waals surface area contributed by atoms with Crippen LogP contribution in [0.5, 0.6) is 0 Å².